The molecule has 0 aliphatic carbocycles. The van der Waals surface area contributed by atoms with Crippen LogP contribution < -0.4 is 0 Å². The summed E-state index contributed by atoms with van der Waals surface area (Å²) in [5, 5.41) is 0. The van der Waals surface area contributed by atoms with Crippen LogP contribution >= 0.6 is 0 Å². The van der Waals surface area contributed by atoms with Crippen LogP contribution in [0.4, 0.5) is 0 Å². The average Bonchev–Trinajstić information content (AvgIpc) is 2.91. The molecule has 2 heterocycles. The third-order valence-electron chi connectivity index (χ3n) is 4.52. The number of aryl methyl sites for hydroxylation is 1. The lowest BCUT2D eigenvalue weighted by Gasteiger charge is -2.25. The number of hydrogen-bond donors (Lipinski definition) is 0. The molecule has 0 aromatic carbocycles. The Kier molecular flexibility index (Phi) is 6.13. The first kappa shape index (κ1) is 17.4. The summed E-state index contributed by atoms with van der Waals surface area (Å²) in [6.45, 7) is 5.64. The fourth-order valence-electron chi connectivity index (χ4n) is 2.93. The molecule has 1 aromatic rings. The van der Waals surface area contributed by atoms with Gasteiger partial charge in [-0.15, -0.1) is 0 Å². The molecule has 0 unspecified atom stereocenters. The molecule has 0 radical (unpaired) electrons. The second kappa shape index (κ2) is 8.09. The normalized spacial score (nSPS) is 15.8. The van der Waals surface area contributed by atoms with Crippen LogP contribution in [0.15, 0.2) is 18.3 Å². The lowest BCUT2D eigenvalue weighted by molar-refractivity contribution is -0.133. The fraction of sp³-hybridized carbons (Fsp3) is 0.611. The van der Waals surface area contributed by atoms with Crippen LogP contribution in [0.1, 0.15) is 43.9 Å². The summed E-state index contributed by atoms with van der Waals surface area (Å²) in [5.74, 6) is 0.362. The summed E-state index contributed by atoms with van der Waals surface area (Å²) < 4.78 is 0. The van der Waals surface area contributed by atoms with Crippen molar-refractivity contribution >= 4 is 11.8 Å². The highest BCUT2D eigenvalue weighted by Crippen LogP contribution is 2.12. The van der Waals surface area contributed by atoms with Gasteiger partial charge in [0.1, 0.15) is 0 Å². The maximum Gasteiger partial charge on any atom is 0.222 e. The van der Waals surface area contributed by atoms with Crippen molar-refractivity contribution in [2.45, 2.75) is 52.0 Å². The zero-order valence-electron chi connectivity index (χ0n) is 14.4. The van der Waals surface area contributed by atoms with Crippen LogP contribution in [0.2, 0.25) is 0 Å². The molecule has 1 saturated heterocycles. The summed E-state index contributed by atoms with van der Waals surface area (Å²) >= 11 is 0. The summed E-state index contributed by atoms with van der Waals surface area (Å²) in [6, 6.07) is 4.15. The molecule has 5 heteroatoms. The van der Waals surface area contributed by atoms with Gasteiger partial charge in [-0.05, 0) is 44.4 Å². The second-order valence-electron chi connectivity index (χ2n) is 6.47. The van der Waals surface area contributed by atoms with Crippen molar-refractivity contribution in [1.29, 1.82) is 0 Å². The fourth-order valence-corrected chi connectivity index (χ4v) is 2.93. The van der Waals surface area contributed by atoms with E-state index in [2.05, 4.69) is 11.1 Å². The number of pyridine rings is 1. The van der Waals surface area contributed by atoms with E-state index < -0.39 is 0 Å². The van der Waals surface area contributed by atoms with Crippen molar-refractivity contribution in [2.24, 2.45) is 0 Å². The van der Waals surface area contributed by atoms with Gasteiger partial charge in [0.05, 0.1) is 0 Å². The molecule has 1 atom stereocenters. The first-order valence-electron chi connectivity index (χ1n) is 8.42. The summed E-state index contributed by atoms with van der Waals surface area (Å²) in [4.78, 5) is 31.9. The molecule has 0 spiro atoms. The highest BCUT2D eigenvalue weighted by Gasteiger charge is 2.21. The van der Waals surface area contributed by atoms with Gasteiger partial charge in [-0.2, -0.15) is 0 Å². The zero-order chi connectivity index (χ0) is 16.8. The van der Waals surface area contributed by atoms with Gasteiger partial charge in [0.15, 0.2) is 0 Å². The van der Waals surface area contributed by atoms with Crippen molar-refractivity contribution in [2.75, 3.05) is 20.1 Å². The lowest BCUT2D eigenvalue weighted by atomic mass is 10.1. The van der Waals surface area contributed by atoms with Crippen molar-refractivity contribution in [3.63, 3.8) is 0 Å². The molecule has 2 amide bonds. The van der Waals surface area contributed by atoms with Crippen LogP contribution in [-0.2, 0) is 16.0 Å². The summed E-state index contributed by atoms with van der Waals surface area (Å²) in [6.07, 6.45) is 5.42. The maximum atomic E-state index is 12.3. The van der Waals surface area contributed by atoms with Gasteiger partial charge in [0.25, 0.3) is 0 Å². The molecule has 0 saturated carbocycles. The molecule has 1 fully saturated rings. The summed E-state index contributed by atoms with van der Waals surface area (Å²) in [5.41, 5.74) is 2.20. The molecule has 0 bridgehead atoms. The summed E-state index contributed by atoms with van der Waals surface area (Å²) in [7, 11) is 1.85. The van der Waals surface area contributed by atoms with Crippen LogP contribution in [0, 0.1) is 6.92 Å². The molecular weight excluding hydrogens is 290 g/mol. The molecule has 0 N–H and O–H groups in total. The highest BCUT2D eigenvalue weighted by molar-refractivity contribution is 5.78. The number of nitrogens with zero attached hydrogens (tertiary/aromatic N) is 3. The van der Waals surface area contributed by atoms with Gasteiger partial charge in [-0.3, -0.25) is 14.6 Å². The Morgan fingerprint density at radius 3 is 2.91 bits per heavy atom. The largest absolute Gasteiger partial charge is 0.343 e. The molecule has 2 rings (SSSR count). The Bertz CT molecular complexity index is 559. The lowest BCUT2D eigenvalue weighted by Crippen LogP contribution is -2.37. The van der Waals surface area contributed by atoms with E-state index in [-0.39, 0.29) is 17.9 Å². The number of amides is 2. The average molecular weight is 317 g/mol. The quantitative estimate of drug-likeness (QED) is 0.774. The minimum Gasteiger partial charge on any atom is -0.343 e. The third kappa shape index (κ3) is 5.05. The number of likely N-dealkylation sites (tertiary alicyclic amines) is 1. The van der Waals surface area contributed by atoms with Gasteiger partial charge < -0.3 is 9.80 Å². The first-order valence-corrected chi connectivity index (χ1v) is 8.42. The molecule has 5 nitrogen and oxygen atoms in total. The van der Waals surface area contributed by atoms with E-state index in [0.29, 0.717) is 19.4 Å². The molecular formula is C18H27N3O2. The van der Waals surface area contributed by atoms with Gasteiger partial charge in [0, 0.05) is 57.3 Å². The predicted molar refractivity (Wildman–Crippen MR) is 90.0 cm³/mol. The van der Waals surface area contributed by atoms with Crippen LogP contribution in [0.25, 0.3) is 0 Å². The van der Waals surface area contributed by atoms with E-state index in [1.54, 1.807) is 4.90 Å². The van der Waals surface area contributed by atoms with Crippen molar-refractivity contribution in [3.8, 4) is 0 Å². The number of hydrogen-bond acceptors (Lipinski definition) is 3. The van der Waals surface area contributed by atoms with Crippen molar-refractivity contribution < 1.29 is 9.59 Å². The molecule has 1 aromatic heterocycles. The van der Waals surface area contributed by atoms with E-state index in [9.17, 15) is 9.59 Å². The number of aromatic nitrogens is 1. The Morgan fingerprint density at radius 1 is 1.48 bits per heavy atom. The topological polar surface area (TPSA) is 53.5 Å². The monoisotopic (exact) mass is 317 g/mol. The van der Waals surface area contributed by atoms with Gasteiger partial charge in [0.2, 0.25) is 11.8 Å². The number of carbonyl (C=O) groups excluding carboxylic acids is 2. The van der Waals surface area contributed by atoms with Crippen LogP contribution in [-0.4, -0.2) is 52.8 Å². The first-order chi connectivity index (χ1) is 11.0. The Hall–Kier alpha value is -1.91. The van der Waals surface area contributed by atoms with E-state index in [1.807, 2.05) is 38.1 Å². The maximum absolute atomic E-state index is 12.3. The zero-order valence-corrected chi connectivity index (χ0v) is 14.4. The second-order valence-corrected chi connectivity index (χ2v) is 6.47. The van der Waals surface area contributed by atoms with Crippen molar-refractivity contribution in [3.05, 3.63) is 29.6 Å². The Morgan fingerprint density at radius 2 is 2.26 bits per heavy atom. The predicted octanol–water partition coefficient (Wildman–Crippen LogP) is 2.18. The van der Waals surface area contributed by atoms with E-state index >= 15 is 0 Å². The van der Waals surface area contributed by atoms with Crippen molar-refractivity contribution in [1.82, 2.24) is 14.8 Å². The third-order valence-corrected chi connectivity index (χ3v) is 4.52. The number of rotatable bonds is 7. The number of carbonyl (C=O) groups is 2. The molecule has 23 heavy (non-hydrogen) atoms. The minimum absolute atomic E-state index is 0.116. The van der Waals surface area contributed by atoms with Gasteiger partial charge in [-0.25, -0.2) is 0 Å². The van der Waals surface area contributed by atoms with E-state index in [4.69, 9.17) is 0 Å². The standard InChI is InChI=1S/C18H27N3O2/c1-14-8-9-19-16(12-14)13-15(2)20(3)17(22)6-4-10-21-11-5-7-18(21)23/h8-9,12,15H,4-7,10-11,13H2,1-3H3/t15-/m1/s1. The number of likely N-dealkylation sites (N-methyl/N-ethyl adjacent to an activating group) is 1. The van der Waals surface area contributed by atoms with Crippen LogP contribution in [0.5, 0.6) is 0 Å². The molecule has 126 valence electrons. The Balaban J connectivity index is 1.75. The van der Waals surface area contributed by atoms with E-state index in [0.717, 1.165) is 31.5 Å². The molecule has 1 aliphatic heterocycles. The van der Waals surface area contributed by atoms with E-state index in [1.165, 1.54) is 5.56 Å². The Labute approximate surface area is 138 Å². The van der Waals surface area contributed by atoms with Crippen LogP contribution in [0.3, 0.4) is 0 Å². The van der Waals surface area contributed by atoms with Gasteiger partial charge in [-0.1, -0.05) is 0 Å². The van der Waals surface area contributed by atoms with Gasteiger partial charge >= 0.3 is 0 Å². The molecule has 1 aliphatic rings. The highest BCUT2D eigenvalue weighted by atomic mass is 16.2. The smallest absolute Gasteiger partial charge is 0.222 e. The minimum atomic E-state index is 0.116. The SMILES string of the molecule is Cc1ccnc(C[C@@H](C)N(C)C(=O)CCCN2CCCC2=O)c1.